The third kappa shape index (κ3) is 3.17. The van der Waals surface area contributed by atoms with E-state index in [1.807, 2.05) is 56.5 Å². The van der Waals surface area contributed by atoms with Crippen molar-refractivity contribution in [2.45, 2.75) is 26.8 Å². The molecule has 0 aliphatic carbocycles. The molecule has 3 aromatic rings. The number of rotatable bonds is 4. The van der Waals surface area contributed by atoms with Gasteiger partial charge in [0.2, 0.25) is 0 Å². The molecular weight excluding hydrogens is 308 g/mol. The number of amides is 1. The predicted octanol–water partition coefficient (Wildman–Crippen LogP) is 3.44. The van der Waals surface area contributed by atoms with Crippen molar-refractivity contribution < 1.29 is 4.79 Å². The molecule has 6 heteroatoms. The maximum Gasteiger partial charge on any atom is 0.255 e. The van der Waals surface area contributed by atoms with Crippen molar-refractivity contribution >= 4 is 17.2 Å². The number of aromatic nitrogens is 3. The Morgan fingerprint density at radius 1 is 1.26 bits per heavy atom. The molecule has 1 unspecified atom stereocenters. The van der Waals surface area contributed by atoms with E-state index >= 15 is 0 Å². The fourth-order valence-electron chi connectivity index (χ4n) is 2.39. The molecule has 5 nitrogen and oxygen atoms in total. The van der Waals surface area contributed by atoms with Gasteiger partial charge in [-0.15, -0.1) is 11.3 Å². The van der Waals surface area contributed by atoms with E-state index in [9.17, 15) is 4.79 Å². The zero-order chi connectivity index (χ0) is 16.4. The largest absolute Gasteiger partial charge is 0.344 e. The van der Waals surface area contributed by atoms with Gasteiger partial charge in [0.1, 0.15) is 0 Å². The normalized spacial score (nSPS) is 12.1. The summed E-state index contributed by atoms with van der Waals surface area (Å²) in [6.45, 7) is 5.78. The van der Waals surface area contributed by atoms with Gasteiger partial charge < -0.3 is 5.32 Å². The lowest BCUT2D eigenvalue weighted by atomic mass is 10.2. The van der Waals surface area contributed by atoms with E-state index in [0.29, 0.717) is 5.56 Å². The first kappa shape index (κ1) is 15.4. The van der Waals surface area contributed by atoms with Crippen LogP contribution >= 0.6 is 11.3 Å². The molecule has 0 saturated heterocycles. The lowest BCUT2D eigenvalue weighted by Crippen LogP contribution is -2.27. The van der Waals surface area contributed by atoms with Crippen molar-refractivity contribution in [1.82, 2.24) is 20.1 Å². The van der Waals surface area contributed by atoms with Crippen molar-refractivity contribution in [2.75, 3.05) is 0 Å². The molecule has 3 rings (SSSR count). The minimum Gasteiger partial charge on any atom is -0.344 e. The van der Waals surface area contributed by atoms with Crippen LogP contribution in [0.3, 0.4) is 0 Å². The van der Waals surface area contributed by atoms with Crippen LogP contribution in [0.1, 0.15) is 39.7 Å². The van der Waals surface area contributed by atoms with Gasteiger partial charge in [-0.2, -0.15) is 5.10 Å². The maximum absolute atomic E-state index is 12.5. The molecule has 0 saturated carbocycles. The van der Waals surface area contributed by atoms with Gasteiger partial charge in [0.25, 0.3) is 5.91 Å². The van der Waals surface area contributed by atoms with Crippen molar-refractivity contribution in [3.8, 4) is 5.69 Å². The monoisotopic (exact) mass is 326 g/mol. The van der Waals surface area contributed by atoms with Crippen LogP contribution in [0, 0.1) is 13.8 Å². The summed E-state index contributed by atoms with van der Waals surface area (Å²) in [5, 5.41) is 10.3. The molecular formula is C17H18N4OS. The SMILES string of the molecule is Cc1nc(C(C)NC(=O)c2cnn(-c3ccccc3)c2C)cs1. The lowest BCUT2D eigenvalue weighted by Gasteiger charge is -2.11. The minimum absolute atomic E-state index is 0.132. The smallest absolute Gasteiger partial charge is 0.255 e. The predicted molar refractivity (Wildman–Crippen MR) is 91.0 cm³/mol. The van der Waals surface area contributed by atoms with E-state index in [1.165, 1.54) is 0 Å². The first-order valence-corrected chi connectivity index (χ1v) is 8.27. The summed E-state index contributed by atoms with van der Waals surface area (Å²) in [5.41, 5.74) is 3.21. The van der Waals surface area contributed by atoms with Crippen LogP contribution in [0.5, 0.6) is 0 Å². The van der Waals surface area contributed by atoms with Crippen LogP contribution in [-0.4, -0.2) is 20.7 Å². The molecule has 0 spiro atoms. The van der Waals surface area contributed by atoms with Gasteiger partial charge in [-0.3, -0.25) is 4.79 Å². The molecule has 1 atom stereocenters. The highest BCUT2D eigenvalue weighted by molar-refractivity contribution is 7.09. The second kappa shape index (κ2) is 6.34. The van der Waals surface area contributed by atoms with Crippen LogP contribution in [0.15, 0.2) is 41.9 Å². The molecule has 2 aromatic heterocycles. The number of carbonyl (C=O) groups excluding carboxylic acids is 1. The number of hydrogen-bond acceptors (Lipinski definition) is 4. The number of benzene rings is 1. The molecule has 0 aliphatic rings. The van der Waals surface area contributed by atoms with Crippen molar-refractivity contribution in [3.63, 3.8) is 0 Å². The highest BCUT2D eigenvalue weighted by Gasteiger charge is 2.18. The minimum atomic E-state index is -0.136. The Morgan fingerprint density at radius 3 is 2.65 bits per heavy atom. The van der Waals surface area contributed by atoms with Crippen LogP contribution in [-0.2, 0) is 0 Å². The summed E-state index contributed by atoms with van der Waals surface area (Å²) in [5.74, 6) is -0.136. The maximum atomic E-state index is 12.5. The van der Waals surface area contributed by atoms with Gasteiger partial charge >= 0.3 is 0 Å². The van der Waals surface area contributed by atoms with Gasteiger partial charge in [-0.25, -0.2) is 9.67 Å². The second-order valence-electron chi connectivity index (χ2n) is 5.38. The Hall–Kier alpha value is -2.47. The molecule has 23 heavy (non-hydrogen) atoms. The van der Waals surface area contributed by atoms with Crippen LogP contribution in [0.4, 0.5) is 0 Å². The van der Waals surface area contributed by atoms with Gasteiger partial charge in [0.05, 0.1) is 39.9 Å². The van der Waals surface area contributed by atoms with Crippen molar-refractivity contribution in [2.24, 2.45) is 0 Å². The topological polar surface area (TPSA) is 59.8 Å². The molecule has 0 radical (unpaired) electrons. The molecule has 1 aromatic carbocycles. The Morgan fingerprint density at radius 2 is 2.00 bits per heavy atom. The van der Waals surface area contributed by atoms with Crippen molar-refractivity contribution in [3.05, 3.63) is 63.9 Å². The molecule has 0 aliphatic heterocycles. The Kier molecular flexibility index (Phi) is 4.25. The number of nitrogens with zero attached hydrogens (tertiary/aromatic N) is 3. The van der Waals surface area contributed by atoms with E-state index < -0.39 is 0 Å². The summed E-state index contributed by atoms with van der Waals surface area (Å²) >= 11 is 1.58. The summed E-state index contributed by atoms with van der Waals surface area (Å²) in [4.78, 5) is 16.9. The molecule has 0 bridgehead atoms. The molecule has 1 amide bonds. The summed E-state index contributed by atoms with van der Waals surface area (Å²) in [7, 11) is 0. The lowest BCUT2D eigenvalue weighted by molar-refractivity contribution is 0.0938. The third-order valence-corrected chi connectivity index (χ3v) is 4.47. The molecule has 2 heterocycles. The Bertz CT molecular complexity index is 822. The number of para-hydroxylation sites is 1. The van der Waals surface area contributed by atoms with E-state index in [-0.39, 0.29) is 11.9 Å². The summed E-state index contributed by atoms with van der Waals surface area (Å²) in [6.07, 6.45) is 1.61. The number of nitrogens with one attached hydrogen (secondary N) is 1. The third-order valence-electron chi connectivity index (χ3n) is 3.68. The number of hydrogen-bond donors (Lipinski definition) is 1. The van der Waals surface area contributed by atoms with Crippen molar-refractivity contribution in [1.29, 1.82) is 0 Å². The number of aryl methyl sites for hydroxylation is 1. The fraction of sp³-hybridized carbons (Fsp3) is 0.235. The number of carbonyl (C=O) groups is 1. The number of thiazole rings is 1. The first-order chi connectivity index (χ1) is 11.1. The van der Waals surface area contributed by atoms with E-state index in [2.05, 4.69) is 15.4 Å². The van der Waals surface area contributed by atoms with Gasteiger partial charge in [-0.05, 0) is 32.9 Å². The second-order valence-corrected chi connectivity index (χ2v) is 6.44. The summed E-state index contributed by atoms with van der Waals surface area (Å²) in [6, 6.07) is 9.64. The van der Waals surface area contributed by atoms with Gasteiger partial charge in [0, 0.05) is 5.38 Å². The quantitative estimate of drug-likeness (QED) is 0.799. The highest BCUT2D eigenvalue weighted by atomic mass is 32.1. The average molecular weight is 326 g/mol. The summed E-state index contributed by atoms with van der Waals surface area (Å²) < 4.78 is 1.77. The average Bonchev–Trinajstić information content (AvgIpc) is 3.14. The Labute approximate surface area is 139 Å². The standard InChI is InChI=1S/C17H18N4OS/c1-11(16-10-23-13(3)20-16)19-17(22)15-9-18-21(12(15)2)14-7-5-4-6-8-14/h4-11H,1-3H3,(H,19,22). The zero-order valence-corrected chi connectivity index (χ0v) is 14.1. The van der Waals surface area contributed by atoms with Gasteiger partial charge in [0.15, 0.2) is 0 Å². The van der Waals surface area contributed by atoms with Gasteiger partial charge in [-0.1, -0.05) is 18.2 Å². The van der Waals surface area contributed by atoms with Crippen LogP contribution < -0.4 is 5.32 Å². The van der Waals surface area contributed by atoms with Crippen LogP contribution in [0.25, 0.3) is 5.69 Å². The van der Waals surface area contributed by atoms with E-state index in [4.69, 9.17) is 0 Å². The van der Waals surface area contributed by atoms with E-state index in [1.54, 1.807) is 22.2 Å². The molecule has 118 valence electrons. The fourth-order valence-corrected chi connectivity index (χ4v) is 3.10. The first-order valence-electron chi connectivity index (χ1n) is 7.39. The van der Waals surface area contributed by atoms with E-state index in [0.717, 1.165) is 22.1 Å². The molecule has 1 N–H and O–H groups in total. The molecule has 0 fully saturated rings. The Balaban J connectivity index is 1.79. The zero-order valence-electron chi connectivity index (χ0n) is 13.3. The highest BCUT2D eigenvalue weighted by Crippen LogP contribution is 2.18. The van der Waals surface area contributed by atoms with Crippen LogP contribution in [0.2, 0.25) is 0 Å².